The summed E-state index contributed by atoms with van der Waals surface area (Å²) < 4.78 is 5.13. The van der Waals surface area contributed by atoms with E-state index in [1.165, 1.54) is 0 Å². The van der Waals surface area contributed by atoms with Gasteiger partial charge in [-0.25, -0.2) is 0 Å². The highest BCUT2D eigenvalue weighted by Crippen LogP contribution is 1.97. The normalized spacial score (nSPS) is 14.3. The monoisotopic (exact) mass is 148 g/mol. The topological polar surface area (TPSA) is 61.3 Å². The molecule has 0 saturated heterocycles. The summed E-state index contributed by atoms with van der Waals surface area (Å²) in [5.74, 6) is 0. The maximum atomic E-state index is 5.34. The predicted molar refractivity (Wildman–Crippen MR) is 41.6 cm³/mol. The highest BCUT2D eigenvalue weighted by atomic mass is 28.3. The molecule has 0 aliphatic rings. The van der Waals surface area contributed by atoms with Gasteiger partial charge in [0.1, 0.15) is 0 Å². The largest absolute Gasteiger partial charge is 0.423 e. The maximum absolute atomic E-state index is 5.34. The Hall–Kier alpha value is 0.0969. The van der Waals surface area contributed by atoms with Crippen molar-refractivity contribution >= 4 is 9.04 Å². The molecule has 0 aliphatic heterocycles. The number of nitrogens with two attached hydrogens (primary N) is 2. The Labute approximate surface area is 58.1 Å². The van der Waals surface area contributed by atoms with Crippen molar-refractivity contribution in [2.24, 2.45) is 11.5 Å². The molecule has 4 N–H and O–H groups in total. The summed E-state index contributed by atoms with van der Waals surface area (Å²) in [6, 6.07) is 1.08. The Bertz CT molecular complexity index is 70.0. The van der Waals surface area contributed by atoms with E-state index in [9.17, 15) is 0 Å². The molecule has 56 valence electrons. The average molecular weight is 148 g/mol. The van der Waals surface area contributed by atoms with Crippen LogP contribution in [0, 0.1) is 0 Å². The summed E-state index contributed by atoms with van der Waals surface area (Å²) >= 11 is 0. The fourth-order valence-electron chi connectivity index (χ4n) is 0.545. The van der Waals surface area contributed by atoms with Crippen LogP contribution >= 0.6 is 0 Å². The van der Waals surface area contributed by atoms with E-state index in [-0.39, 0.29) is 6.17 Å². The van der Waals surface area contributed by atoms with Crippen LogP contribution in [0.15, 0.2) is 0 Å². The van der Waals surface area contributed by atoms with Gasteiger partial charge in [0.25, 0.3) is 0 Å². The van der Waals surface area contributed by atoms with Gasteiger partial charge in [-0.1, -0.05) is 0 Å². The van der Waals surface area contributed by atoms with Crippen molar-refractivity contribution in [3.05, 3.63) is 0 Å². The maximum Gasteiger partial charge on any atom is 0.173 e. The van der Waals surface area contributed by atoms with Crippen LogP contribution in [0.1, 0.15) is 6.42 Å². The molecular weight excluding hydrogens is 132 g/mol. The molecule has 0 aromatic rings. The second kappa shape index (κ2) is 4.93. The van der Waals surface area contributed by atoms with E-state index in [1.807, 2.05) is 0 Å². The summed E-state index contributed by atoms with van der Waals surface area (Å²) in [7, 11) is 0.852. The number of rotatable bonds is 4. The Kier molecular flexibility index (Phi) is 4.98. The van der Waals surface area contributed by atoms with Crippen LogP contribution in [-0.4, -0.2) is 22.3 Å². The van der Waals surface area contributed by atoms with E-state index in [4.69, 9.17) is 15.9 Å². The smallest absolute Gasteiger partial charge is 0.173 e. The summed E-state index contributed by atoms with van der Waals surface area (Å²) in [6.07, 6.45) is 0.733. The predicted octanol–water partition coefficient (Wildman–Crippen LogP) is -0.380. The van der Waals surface area contributed by atoms with Crippen LogP contribution in [0.2, 0.25) is 12.6 Å². The average Bonchev–Trinajstić information content (AvgIpc) is 1.83. The first-order chi connectivity index (χ1) is 4.16. The first-order valence-electron chi connectivity index (χ1n) is 3.20. The molecule has 0 bridgehead atoms. The first-order valence-corrected chi connectivity index (χ1v) is 5.65. The van der Waals surface area contributed by atoms with Gasteiger partial charge in [-0.05, 0) is 19.0 Å². The van der Waals surface area contributed by atoms with Gasteiger partial charge in [-0.15, -0.1) is 0 Å². The van der Waals surface area contributed by atoms with E-state index >= 15 is 0 Å². The van der Waals surface area contributed by atoms with Crippen molar-refractivity contribution in [2.45, 2.75) is 25.2 Å². The lowest BCUT2D eigenvalue weighted by Crippen LogP contribution is -2.31. The van der Waals surface area contributed by atoms with Crippen molar-refractivity contribution < 1.29 is 4.43 Å². The standard InChI is InChI=1S/C5H16N2OSi/c1-8-9(2)4-3-5(6)7/h5,9H,3-4,6-7H2,1-2H3. The lowest BCUT2D eigenvalue weighted by Gasteiger charge is -2.08. The molecule has 4 heteroatoms. The highest BCUT2D eigenvalue weighted by molar-refractivity contribution is 6.50. The minimum Gasteiger partial charge on any atom is -0.423 e. The van der Waals surface area contributed by atoms with Crippen LogP contribution in [0.25, 0.3) is 0 Å². The number of hydrogen-bond donors (Lipinski definition) is 2. The minimum absolute atomic E-state index is 0.157. The van der Waals surface area contributed by atoms with Gasteiger partial charge in [0.15, 0.2) is 9.04 Å². The van der Waals surface area contributed by atoms with Crippen molar-refractivity contribution in [2.75, 3.05) is 7.11 Å². The van der Waals surface area contributed by atoms with Gasteiger partial charge >= 0.3 is 0 Å². The second-order valence-electron chi connectivity index (χ2n) is 2.29. The van der Waals surface area contributed by atoms with Crippen LogP contribution in [-0.2, 0) is 4.43 Å². The molecule has 0 fully saturated rings. The third-order valence-corrected chi connectivity index (χ3v) is 3.26. The molecule has 0 aromatic carbocycles. The van der Waals surface area contributed by atoms with Crippen molar-refractivity contribution in [3.63, 3.8) is 0 Å². The zero-order valence-corrected chi connectivity index (χ0v) is 7.29. The lowest BCUT2D eigenvalue weighted by atomic mass is 10.4. The van der Waals surface area contributed by atoms with Gasteiger partial charge < -0.3 is 15.9 Å². The van der Waals surface area contributed by atoms with Crippen molar-refractivity contribution in [1.29, 1.82) is 0 Å². The van der Waals surface area contributed by atoms with Crippen LogP contribution < -0.4 is 11.5 Å². The molecule has 0 spiro atoms. The van der Waals surface area contributed by atoms with Crippen LogP contribution in [0.3, 0.4) is 0 Å². The Morgan fingerprint density at radius 2 is 2.11 bits per heavy atom. The third kappa shape index (κ3) is 5.98. The third-order valence-electron chi connectivity index (χ3n) is 1.31. The molecule has 0 aliphatic carbocycles. The van der Waals surface area contributed by atoms with E-state index in [0.29, 0.717) is 0 Å². The van der Waals surface area contributed by atoms with Crippen LogP contribution in [0.4, 0.5) is 0 Å². The van der Waals surface area contributed by atoms with Gasteiger partial charge in [0.05, 0.1) is 6.17 Å². The zero-order valence-electron chi connectivity index (χ0n) is 6.13. The first kappa shape index (κ1) is 9.10. The van der Waals surface area contributed by atoms with Gasteiger partial charge in [-0.3, -0.25) is 0 Å². The van der Waals surface area contributed by atoms with Gasteiger partial charge in [0.2, 0.25) is 0 Å². The van der Waals surface area contributed by atoms with E-state index in [2.05, 4.69) is 6.55 Å². The van der Waals surface area contributed by atoms with Crippen molar-refractivity contribution in [1.82, 2.24) is 0 Å². The van der Waals surface area contributed by atoms with Gasteiger partial charge in [0, 0.05) is 7.11 Å². The van der Waals surface area contributed by atoms with E-state index in [1.54, 1.807) is 7.11 Å². The molecule has 1 atom stereocenters. The second-order valence-corrected chi connectivity index (χ2v) is 4.96. The fraction of sp³-hybridized carbons (Fsp3) is 1.00. The number of hydrogen-bond acceptors (Lipinski definition) is 3. The van der Waals surface area contributed by atoms with Crippen molar-refractivity contribution in [3.8, 4) is 0 Å². The minimum atomic E-state index is -0.897. The zero-order chi connectivity index (χ0) is 7.28. The molecule has 0 aromatic heterocycles. The molecular formula is C5H16N2OSi. The summed E-state index contributed by atoms with van der Waals surface area (Å²) in [5.41, 5.74) is 10.7. The molecule has 3 nitrogen and oxygen atoms in total. The summed E-state index contributed by atoms with van der Waals surface area (Å²) in [4.78, 5) is 0. The molecule has 0 radical (unpaired) electrons. The Balaban J connectivity index is 3.06. The van der Waals surface area contributed by atoms with E-state index < -0.39 is 9.04 Å². The molecule has 1 unspecified atom stereocenters. The summed E-state index contributed by atoms with van der Waals surface area (Å²) in [5, 5.41) is 0. The molecule has 9 heavy (non-hydrogen) atoms. The van der Waals surface area contributed by atoms with Crippen LogP contribution in [0.5, 0.6) is 0 Å². The quantitative estimate of drug-likeness (QED) is 0.422. The molecule has 0 rings (SSSR count). The van der Waals surface area contributed by atoms with Gasteiger partial charge in [-0.2, -0.15) is 0 Å². The van der Waals surface area contributed by atoms with E-state index in [0.717, 1.165) is 12.5 Å². The fourth-order valence-corrected chi connectivity index (χ4v) is 1.64. The molecule has 0 heterocycles. The lowest BCUT2D eigenvalue weighted by molar-refractivity contribution is 0.420. The molecule has 0 saturated carbocycles. The molecule has 0 amide bonds. The summed E-state index contributed by atoms with van der Waals surface area (Å²) in [6.45, 7) is 2.14. The SMILES string of the molecule is CO[SiH](C)CCC(N)N. The highest BCUT2D eigenvalue weighted by Gasteiger charge is 2.02. The Morgan fingerprint density at radius 3 is 2.44 bits per heavy atom. The Morgan fingerprint density at radius 1 is 1.56 bits per heavy atom.